The lowest BCUT2D eigenvalue weighted by molar-refractivity contribution is -0.156. The molecular formula is C13H17ClFNO2. The molecule has 5 heteroatoms. The van der Waals surface area contributed by atoms with Crippen molar-refractivity contribution in [2.24, 2.45) is 5.73 Å². The third-order valence-electron chi connectivity index (χ3n) is 2.18. The largest absolute Gasteiger partial charge is 0.459 e. The van der Waals surface area contributed by atoms with E-state index in [0.29, 0.717) is 5.56 Å². The first-order valence-corrected chi connectivity index (χ1v) is 6.00. The molecule has 18 heavy (non-hydrogen) atoms. The molecule has 1 aromatic rings. The molecule has 1 atom stereocenters. The lowest BCUT2D eigenvalue weighted by Crippen LogP contribution is -2.38. The Morgan fingerprint density at radius 3 is 2.67 bits per heavy atom. The molecule has 0 saturated heterocycles. The molecule has 1 unspecified atom stereocenters. The molecule has 2 N–H and O–H groups in total. The number of esters is 1. The minimum atomic E-state index is -0.858. The lowest BCUT2D eigenvalue weighted by Gasteiger charge is -2.22. The van der Waals surface area contributed by atoms with Crippen LogP contribution in [0.3, 0.4) is 0 Å². The van der Waals surface area contributed by atoms with Crippen LogP contribution in [0.5, 0.6) is 0 Å². The van der Waals surface area contributed by atoms with E-state index in [1.165, 1.54) is 12.1 Å². The van der Waals surface area contributed by atoms with Crippen LogP contribution < -0.4 is 5.73 Å². The predicted molar refractivity (Wildman–Crippen MR) is 68.9 cm³/mol. The Kier molecular flexibility index (Phi) is 4.71. The molecule has 0 fully saturated rings. The van der Waals surface area contributed by atoms with Crippen LogP contribution in [-0.2, 0) is 16.0 Å². The van der Waals surface area contributed by atoms with Gasteiger partial charge in [-0.3, -0.25) is 4.79 Å². The summed E-state index contributed by atoms with van der Waals surface area (Å²) in [4.78, 5) is 11.7. The second-order valence-electron chi connectivity index (χ2n) is 5.06. The fourth-order valence-corrected chi connectivity index (χ4v) is 1.61. The first-order valence-electron chi connectivity index (χ1n) is 5.62. The van der Waals surface area contributed by atoms with E-state index in [2.05, 4.69) is 0 Å². The van der Waals surface area contributed by atoms with Gasteiger partial charge in [-0.15, -0.1) is 0 Å². The van der Waals surface area contributed by atoms with Crippen LogP contribution in [0.4, 0.5) is 4.39 Å². The first kappa shape index (κ1) is 14.9. The Bertz CT molecular complexity index is 443. The van der Waals surface area contributed by atoms with Crippen molar-refractivity contribution < 1.29 is 13.9 Å². The van der Waals surface area contributed by atoms with Crippen LogP contribution >= 0.6 is 11.6 Å². The topological polar surface area (TPSA) is 52.3 Å². The normalized spacial score (nSPS) is 13.2. The Hall–Kier alpha value is -1.13. The summed E-state index contributed by atoms with van der Waals surface area (Å²) in [5.74, 6) is -1.05. The molecule has 0 aliphatic carbocycles. The van der Waals surface area contributed by atoms with Crippen LogP contribution in [0.15, 0.2) is 18.2 Å². The number of halogens is 2. The van der Waals surface area contributed by atoms with E-state index < -0.39 is 23.4 Å². The van der Waals surface area contributed by atoms with Crippen molar-refractivity contribution in [2.45, 2.75) is 38.8 Å². The number of carbonyl (C=O) groups is 1. The summed E-state index contributed by atoms with van der Waals surface area (Å²) in [6, 6.07) is 3.56. The van der Waals surface area contributed by atoms with E-state index in [1.54, 1.807) is 26.8 Å². The maximum Gasteiger partial charge on any atom is 0.323 e. The summed E-state index contributed by atoms with van der Waals surface area (Å²) in [6.07, 6.45) is 0.144. The smallest absolute Gasteiger partial charge is 0.323 e. The Morgan fingerprint density at radius 1 is 1.50 bits per heavy atom. The Labute approximate surface area is 111 Å². The van der Waals surface area contributed by atoms with Gasteiger partial charge in [-0.1, -0.05) is 23.7 Å². The van der Waals surface area contributed by atoms with E-state index >= 15 is 0 Å². The fourth-order valence-electron chi connectivity index (χ4n) is 1.40. The number of ether oxygens (including phenoxy) is 1. The van der Waals surface area contributed by atoms with Crippen molar-refractivity contribution in [1.82, 2.24) is 0 Å². The van der Waals surface area contributed by atoms with Gasteiger partial charge in [0, 0.05) is 0 Å². The number of rotatable bonds is 3. The molecule has 0 heterocycles. The van der Waals surface area contributed by atoms with E-state index in [4.69, 9.17) is 22.1 Å². The average Bonchev–Trinajstić information content (AvgIpc) is 2.22. The third-order valence-corrected chi connectivity index (χ3v) is 2.60. The molecule has 0 bridgehead atoms. The summed E-state index contributed by atoms with van der Waals surface area (Å²) < 4.78 is 18.4. The zero-order valence-electron chi connectivity index (χ0n) is 10.7. The van der Waals surface area contributed by atoms with Gasteiger partial charge in [0.05, 0.1) is 5.02 Å². The van der Waals surface area contributed by atoms with Gasteiger partial charge in [-0.05, 0) is 38.8 Å². The second kappa shape index (κ2) is 5.67. The van der Waals surface area contributed by atoms with E-state index in [-0.39, 0.29) is 11.4 Å². The number of nitrogens with two attached hydrogens (primary N) is 1. The quantitative estimate of drug-likeness (QED) is 0.862. The van der Waals surface area contributed by atoms with Gasteiger partial charge in [0.1, 0.15) is 17.5 Å². The molecule has 0 aromatic heterocycles. The third kappa shape index (κ3) is 4.27. The molecule has 0 spiro atoms. The van der Waals surface area contributed by atoms with Gasteiger partial charge in [0.25, 0.3) is 0 Å². The Morgan fingerprint density at radius 2 is 2.11 bits per heavy atom. The van der Waals surface area contributed by atoms with Crippen molar-refractivity contribution in [3.8, 4) is 0 Å². The molecule has 0 aliphatic rings. The van der Waals surface area contributed by atoms with Gasteiger partial charge in [0.2, 0.25) is 0 Å². The molecule has 0 aliphatic heterocycles. The van der Waals surface area contributed by atoms with Crippen molar-refractivity contribution in [2.75, 3.05) is 0 Å². The van der Waals surface area contributed by atoms with Gasteiger partial charge < -0.3 is 10.5 Å². The van der Waals surface area contributed by atoms with E-state index in [1.807, 2.05) is 0 Å². The Balaban J connectivity index is 2.73. The summed E-state index contributed by atoms with van der Waals surface area (Å²) in [7, 11) is 0. The molecule has 0 saturated carbocycles. The maximum atomic E-state index is 13.2. The average molecular weight is 274 g/mol. The predicted octanol–water partition coefficient (Wildman–Crippen LogP) is 2.69. The molecular weight excluding hydrogens is 257 g/mol. The minimum absolute atomic E-state index is 0.00323. The minimum Gasteiger partial charge on any atom is -0.459 e. The molecule has 0 amide bonds. The van der Waals surface area contributed by atoms with Crippen molar-refractivity contribution in [3.05, 3.63) is 34.6 Å². The number of carbonyl (C=O) groups excluding carboxylic acids is 1. The van der Waals surface area contributed by atoms with Gasteiger partial charge in [0.15, 0.2) is 0 Å². The summed E-state index contributed by atoms with van der Waals surface area (Å²) >= 11 is 5.79. The SMILES string of the molecule is CC(C)(C)OC(=O)C(N)Cc1cccc(F)c1Cl. The van der Waals surface area contributed by atoms with Crippen molar-refractivity contribution in [3.63, 3.8) is 0 Å². The summed E-state index contributed by atoms with van der Waals surface area (Å²) in [5.41, 5.74) is 5.62. The molecule has 100 valence electrons. The highest BCUT2D eigenvalue weighted by Gasteiger charge is 2.23. The summed E-state index contributed by atoms with van der Waals surface area (Å²) in [5, 5.41) is -0.00323. The molecule has 1 rings (SSSR count). The van der Waals surface area contributed by atoms with Crippen molar-refractivity contribution in [1.29, 1.82) is 0 Å². The van der Waals surface area contributed by atoms with Crippen molar-refractivity contribution >= 4 is 17.6 Å². The van der Waals surface area contributed by atoms with Crippen LogP contribution in [0, 0.1) is 5.82 Å². The van der Waals surface area contributed by atoms with Gasteiger partial charge in [-0.2, -0.15) is 0 Å². The number of hydrogen-bond donors (Lipinski definition) is 1. The standard InChI is InChI=1S/C13H17ClFNO2/c1-13(2,3)18-12(17)10(16)7-8-5-4-6-9(15)11(8)14/h4-6,10H,7,16H2,1-3H3. The zero-order valence-corrected chi connectivity index (χ0v) is 11.4. The number of hydrogen-bond acceptors (Lipinski definition) is 3. The monoisotopic (exact) mass is 273 g/mol. The first-order chi connectivity index (χ1) is 8.20. The summed E-state index contributed by atoms with van der Waals surface area (Å²) in [6.45, 7) is 5.27. The second-order valence-corrected chi connectivity index (χ2v) is 5.43. The van der Waals surface area contributed by atoms with Crippen LogP contribution in [-0.4, -0.2) is 17.6 Å². The van der Waals surface area contributed by atoms with Crippen LogP contribution in [0.1, 0.15) is 26.3 Å². The van der Waals surface area contributed by atoms with E-state index in [9.17, 15) is 9.18 Å². The number of benzene rings is 1. The maximum absolute atomic E-state index is 13.2. The van der Waals surface area contributed by atoms with Gasteiger partial charge in [-0.25, -0.2) is 4.39 Å². The molecule has 1 aromatic carbocycles. The molecule has 0 radical (unpaired) electrons. The highest BCUT2D eigenvalue weighted by molar-refractivity contribution is 6.31. The fraction of sp³-hybridized carbons (Fsp3) is 0.462. The molecule has 3 nitrogen and oxygen atoms in total. The van der Waals surface area contributed by atoms with Crippen LogP contribution in [0.2, 0.25) is 5.02 Å². The highest BCUT2D eigenvalue weighted by Crippen LogP contribution is 2.21. The van der Waals surface area contributed by atoms with E-state index in [0.717, 1.165) is 0 Å². The highest BCUT2D eigenvalue weighted by atomic mass is 35.5. The van der Waals surface area contributed by atoms with Crippen LogP contribution in [0.25, 0.3) is 0 Å². The van der Waals surface area contributed by atoms with Gasteiger partial charge >= 0.3 is 5.97 Å². The zero-order chi connectivity index (χ0) is 13.9. The lowest BCUT2D eigenvalue weighted by atomic mass is 10.1.